The van der Waals surface area contributed by atoms with Crippen LogP contribution in [-0.2, 0) is 0 Å². The molecule has 2 rings (SSSR count). The summed E-state index contributed by atoms with van der Waals surface area (Å²) in [5, 5.41) is 0.843. The van der Waals surface area contributed by atoms with Crippen molar-refractivity contribution < 1.29 is 0 Å². The lowest BCUT2D eigenvalue weighted by molar-refractivity contribution is 1.16. The molecule has 0 fully saturated rings. The molecule has 0 aliphatic rings. The Morgan fingerprint density at radius 2 is 1.65 bits per heavy atom. The molecule has 0 N–H and O–H groups in total. The minimum absolute atomic E-state index is 0.149. The molecule has 17 heavy (non-hydrogen) atoms. The normalized spacial score (nSPS) is 12.5. The van der Waals surface area contributed by atoms with Gasteiger partial charge in [0.25, 0.3) is 0 Å². The van der Waals surface area contributed by atoms with E-state index in [4.69, 9.17) is 11.6 Å². The summed E-state index contributed by atoms with van der Waals surface area (Å²) in [7, 11) is 0. The van der Waals surface area contributed by atoms with Crippen molar-refractivity contribution in [3.63, 3.8) is 0 Å². The van der Waals surface area contributed by atoms with Gasteiger partial charge in [0, 0.05) is 5.02 Å². The number of hydrogen-bond acceptors (Lipinski definition) is 0. The zero-order chi connectivity index (χ0) is 12.4. The molecular formula is C15H14BrCl. The summed E-state index contributed by atoms with van der Waals surface area (Å²) in [5.74, 6) is 0. The van der Waals surface area contributed by atoms with Crippen molar-refractivity contribution in [2.75, 3.05) is 0 Å². The standard InChI is InChI=1S/C15H14BrCl/c1-10-6-8-12(9-7-10)14(16)13-5-3-4-11(2)15(13)17/h3-9,14H,1-2H3. The van der Waals surface area contributed by atoms with Gasteiger partial charge in [-0.25, -0.2) is 0 Å². The summed E-state index contributed by atoms with van der Waals surface area (Å²) >= 11 is 10.1. The molecule has 0 spiro atoms. The lowest BCUT2D eigenvalue weighted by atomic mass is 10.0. The fourth-order valence-electron chi connectivity index (χ4n) is 1.78. The zero-order valence-electron chi connectivity index (χ0n) is 9.87. The zero-order valence-corrected chi connectivity index (χ0v) is 12.2. The number of alkyl halides is 1. The van der Waals surface area contributed by atoms with Crippen molar-refractivity contribution in [2.24, 2.45) is 0 Å². The van der Waals surface area contributed by atoms with Crippen molar-refractivity contribution in [1.82, 2.24) is 0 Å². The van der Waals surface area contributed by atoms with E-state index in [0.717, 1.165) is 16.1 Å². The highest BCUT2D eigenvalue weighted by molar-refractivity contribution is 9.09. The molecule has 0 radical (unpaired) electrons. The number of aryl methyl sites for hydroxylation is 2. The third-order valence-electron chi connectivity index (χ3n) is 2.86. The first-order valence-corrected chi connectivity index (χ1v) is 6.84. The minimum Gasteiger partial charge on any atom is -0.0837 e. The Morgan fingerprint density at radius 1 is 1.00 bits per heavy atom. The molecule has 2 aromatic rings. The number of halogens is 2. The SMILES string of the molecule is Cc1ccc(C(Br)c2cccc(C)c2Cl)cc1. The van der Waals surface area contributed by atoms with Crippen LogP contribution in [0.1, 0.15) is 27.1 Å². The van der Waals surface area contributed by atoms with Crippen LogP contribution in [0.15, 0.2) is 42.5 Å². The van der Waals surface area contributed by atoms with Crippen molar-refractivity contribution >= 4 is 27.5 Å². The molecule has 0 bridgehead atoms. The van der Waals surface area contributed by atoms with E-state index >= 15 is 0 Å². The maximum Gasteiger partial charge on any atom is 0.0659 e. The van der Waals surface area contributed by atoms with Crippen molar-refractivity contribution in [2.45, 2.75) is 18.7 Å². The molecule has 0 aliphatic carbocycles. The lowest BCUT2D eigenvalue weighted by Crippen LogP contribution is -1.95. The van der Waals surface area contributed by atoms with E-state index in [1.807, 2.05) is 19.1 Å². The quantitative estimate of drug-likeness (QED) is 0.648. The fourth-order valence-corrected chi connectivity index (χ4v) is 2.83. The average molecular weight is 310 g/mol. The van der Waals surface area contributed by atoms with E-state index in [-0.39, 0.29) is 4.83 Å². The minimum atomic E-state index is 0.149. The second kappa shape index (κ2) is 5.24. The van der Waals surface area contributed by atoms with Gasteiger partial charge in [-0.3, -0.25) is 0 Å². The van der Waals surface area contributed by atoms with Crippen molar-refractivity contribution in [3.05, 3.63) is 69.7 Å². The molecular weight excluding hydrogens is 296 g/mol. The van der Waals surface area contributed by atoms with Crippen LogP contribution in [0, 0.1) is 13.8 Å². The summed E-state index contributed by atoms with van der Waals surface area (Å²) in [6, 6.07) is 14.6. The number of benzene rings is 2. The third-order valence-corrected chi connectivity index (χ3v) is 4.40. The van der Waals surface area contributed by atoms with E-state index in [0.29, 0.717) is 0 Å². The van der Waals surface area contributed by atoms with E-state index in [9.17, 15) is 0 Å². The molecule has 0 aromatic heterocycles. The highest BCUT2D eigenvalue weighted by Crippen LogP contribution is 2.36. The molecule has 88 valence electrons. The topological polar surface area (TPSA) is 0 Å². The van der Waals surface area contributed by atoms with Gasteiger partial charge in [0.1, 0.15) is 0 Å². The molecule has 1 unspecified atom stereocenters. The largest absolute Gasteiger partial charge is 0.0837 e. The van der Waals surface area contributed by atoms with E-state index < -0.39 is 0 Å². The molecule has 2 aromatic carbocycles. The Bertz CT molecular complexity index is 517. The summed E-state index contributed by atoms with van der Waals surface area (Å²) in [5.41, 5.74) is 4.73. The predicted octanol–water partition coefficient (Wildman–Crippen LogP) is 5.44. The van der Waals surface area contributed by atoms with E-state index in [2.05, 4.69) is 53.2 Å². The second-order valence-corrected chi connectivity index (χ2v) is 5.54. The highest BCUT2D eigenvalue weighted by Gasteiger charge is 2.14. The Kier molecular flexibility index (Phi) is 3.90. The maximum atomic E-state index is 6.34. The van der Waals surface area contributed by atoms with Crippen LogP contribution in [0.5, 0.6) is 0 Å². The molecule has 1 atom stereocenters. The summed E-state index contributed by atoms with van der Waals surface area (Å²) < 4.78 is 0. The van der Waals surface area contributed by atoms with E-state index in [1.54, 1.807) is 0 Å². The molecule has 0 aliphatic heterocycles. The lowest BCUT2D eigenvalue weighted by Gasteiger charge is -2.14. The van der Waals surface area contributed by atoms with Gasteiger partial charge in [0.05, 0.1) is 4.83 Å². The van der Waals surface area contributed by atoms with Gasteiger partial charge in [0.2, 0.25) is 0 Å². The summed E-state index contributed by atoms with van der Waals surface area (Å²) in [6.45, 7) is 4.12. The van der Waals surface area contributed by atoms with Gasteiger partial charge in [-0.1, -0.05) is 75.6 Å². The van der Waals surface area contributed by atoms with Gasteiger partial charge in [0.15, 0.2) is 0 Å². The first-order chi connectivity index (χ1) is 8.09. The smallest absolute Gasteiger partial charge is 0.0659 e. The van der Waals surface area contributed by atoms with Crippen LogP contribution in [0.2, 0.25) is 5.02 Å². The first kappa shape index (κ1) is 12.7. The predicted molar refractivity (Wildman–Crippen MR) is 78.1 cm³/mol. The Morgan fingerprint density at radius 3 is 2.29 bits per heavy atom. The fraction of sp³-hybridized carbons (Fsp3) is 0.200. The van der Waals surface area contributed by atoms with Gasteiger partial charge >= 0.3 is 0 Å². The highest BCUT2D eigenvalue weighted by atomic mass is 79.9. The summed E-state index contributed by atoms with van der Waals surface area (Å²) in [6.07, 6.45) is 0. The van der Waals surface area contributed by atoms with Crippen LogP contribution in [0.25, 0.3) is 0 Å². The monoisotopic (exact) mass is 308 g/mol. The molecule has 0 saturated carbocycles. The Hall–Kier alpha value is -0.790. The molecule has 0 saturated heterocycles. The van der Waals surface area contributed by atoms with Crippen LogP contribution in [0.3, 0.4) is 0 Å². The molecule has 0 heterocycles. The molecule has 0 amide bonds. The van der Waals surface area contributed by atoms with Crippen molar-refractivity contribution in [3.8, 4) is 0 Å². The van der Waals surface area contributed by atoms with Crippen molar-refractivity contribution in [1.29, 1.82) is 0 Å². The van der Waals surface area contributed by atoms with Gasteiger partial charge < -0.3 is 0 Å². The third kappa shape index (κ3) is 2.72. The Labute approximate surface area is 116 Å². The molecule has 2 heteroatoms. The molecule has 0 nitrogen and oxygen atoms in total. The maximum absolute atomic E-state index is 6.34. The average Bonchev–Trinajstić information content (AvgIpc) is 2.33. The number of rotatable bonds is 2. The van der Waals surface area contributed by atoms with Crippen LogP contribution in [0.4, 0.5) is 0 Å². The van der Waals surface area contributed by atoms with Gasteiger partial charge in [-0.2, -0.15) is 0 Å². The van der Waals surface area contributed by atoms with Gasteiger partial charge in [-0.05, 0) is 30.5 Å². The van der Waals surface area contributed by atoms with Crippen LogP contribution in [-0.4, -0.2) is 0 Å². The van der Waals surface area contributed by atoms with E-state index in [1.165, 1.54) is 11.1 Å². The van der Waals surface area contributed by atoms with Gasteiger partial charge in [-0.15, -0.1) is 0 Å². The number of hydrogen-bond donors (Lipinski definition) is 0. The van der Waals surface area contributed by atoms with Crippen LogP contribution >= 0.6 is 27.5 Å². The Balaban J connectivity index is 2.40. The second-order valence-electron chi connectivity index (χ2n) is 4.25. The van der Waals surface area contributed by atoms with Crippen LogP contribution < -0.4 is 0 Å². The first-order valence-electron chi connectivity index (χ1n) is 5.55. The summed E-state index contributed by atoms with van der Waals surface area (Å²) in [4.78, 5) is 0.149.